The zero-order valence-corrected chi connectivity index (χ0v) is 13.9. The molecule has 1 N–H and O–H groups in total. The number of nitrogens with one attached hydrogen (secondary N) is 1. The maximum absolute atomic E-state index is 11.9. The Bertz CT molecular complexity index is 639. The van der Waals surface area contributed by atoms with Crippen molar-refractivity contribution in [3.8, 4) is 5.75 Å². The molecule has 6 nitrogen and oxygen atoms in total. The van der Waals surface area contributed by atoms with Gasteiger partial charge in [0, 0.05) is 31.8 Å². The van der Waals surface area contributed by atoms with Gasteiger partial charge in [-0.3, -0.25) is 0 Å². The summed E-state index contributed by atoms with van der Waals surface area (Å²) in [5.41, 5.74) is 1.48. The quantitative estimate of drug-likeness (QED) is 0.522. The Labute approximate surface area is 135 Å². The minimum absolute atomic E-state index is 0.0504. The van der Waals surface area contributed by atoms with Crippen LogP contribution in [0.5, 0.6) is 5.75 Å². The summed E-state index contributed by atoms with van der Waals surface area (Å²) in [4.78, 5) is 23.8. The van der Waals surface area contributed by atoms with E-state index in [9.17, 15) is 9.59 Å². The number of benzene rings is 1. The van der Waals surface area contributed by atoms with Crippen LogP contribution < -0.4 is 10.1 Å². The molecule has 1 fully saturated rings. The summed E-state index contributed by atoms with van der Waals surface area (Å²) in [5.74, 6) is -1.98. The Kier molecular flexibility index (Phi) is 4.63. The summed E-state index contributed by atoms with van der Waals surface area (Å²) in [6.45, 7) is 8.78. The van der Waals surface area contributed by atoms with Gasteiger partial charge in [0.25, 0.3) is 5.79 Å². The number of carbonyl (C=O) groups excluding carboxylic acids is 2. The zero-order valence-electron chi connectivity index (χ0n) is 13.9. The lowest BCUT2D eigenvalue weighted by Gasteiger charge is -2.29. The minimum Gasteiger partial charge on any atom is -0.491 e. The molecule has 0 atom stereocenters. The van der Waals surface area contributed by atoms with Crippen LogP contribution in [0.15, 0.2) is 30.0 Å². The molecule has 0 aliphatic carbocycles. The minimum atomic E-state index is -1.24. The van der Waals surface area contributed by atoms with Crippen LogP contribution in [-0.4, -0.2) is 23.8 Å². The topological polar surface area (TPSA) is 73.9 Å². The van der Waals surface area contributed by atoms with E-state index in [0.29, 0.717) is 5.75 Å². The fourth-order valence-electron chi connectivity index (χ4n) is 2.03. The Morgan fingerprint density at radius 1 is 1.17 bits per heavy atom. The van der Waals surface area contributed by atoms with E-state index < -0.39 is 17.7 Å². The van der Waals surface area contributed by atoms with E-state index in [1.54, 1.807) is 6.07 Å². The molecule has 1 heterocycles. The van der Waals surface area contributed by atoms with Gasteiger partial charge in [-0.15, -0.1) is 0 Å². The van der Waals surface area contributed by atoms with Crippen LogP contribution in [0, 0.1) is 6.92 Å². The molecule has 0 bridgehead atoms. The van der Waals surface area contributed by atoms with Crippen LogP contribution >= 0.6 is 0 Å². The predicted octanol–water partition coefficient (Wildman–Crippen LogP) is 2.91. The molecule has 0 amide bonds. The summed E-state index contributed by atoms with van der Waals surface area (Å²) in [6, 6.07) is 5.55. The molecule has 1 aliphatic heterocycles. The van der Waals surface area contributed by atoms with E-state index in [1.807, 2.05) is 32.9 Å². The van der Waals surface area contributed by atoms with Gasteiger partial charge in [-0.05, 0) is 32.4 Å². The van der Waals surface area contributed by atoms with Crippen molar-refractivity contribution in [3.63, 3.8) is 0 Å². The molecule has 0 radical (unpaired) electrons. The molecular weight excluding hydrogens is 298 g/mol. The summed E-state index contributed by atoms with van der Waals surface area (Å²) in [6.07, 6.45) is 1.34. The highest BCUT2D eigenvalue weighted by atomic mass is 16.7. The predicted molar refractivity (Wildman–Crippen MR) is 84.9 cm³/mol. The van der Waals surface area contributed by atoms with Crippen LogP contribution in [0.3, 0.4) is 0 Å². The van der Waals surface area contributed by atoms with E-state index in [-0.39, 0.29) is 11.7 Å². The third-order valence-corrected chi connectivity index (χ3v) is 3.07. The van der Waals surface area contributed by atoms with Crippen LogP contribution in [-0.2, 0) is 19.1 Å². The van der Waals surface area contributed by atoms with Crippen molar-refractivity contribution in [3.05, 3.63) is 35.5 Å². The van der Waals surface area contributed by atoms with Gasteiger partial charge >= 0.3 is 11.9 Å². The van der Waals surface area contributed by atoms with E-state index in [2.05, 4.69) is 5.32 Å². The summed E-state index contributed by atoms with van der Waals surface area (Å²) < 4.78 is 15.7. The second-order valence-electron chi connectivity index (χ2n) is 6.02. The number of ether oxygens (including phenoxy) is 3. The van der Waals surface area contributed by atoms with Crippen molar-refractivity contribution in [2.24, 2.45) is 0 Å². The second-order valence-corrected chi connectivity index (χ2v) is 6.02. The molecule has 2 rings (SSSR count). The average Bonchev–Trinajstić information content (AvgIpc) is 2.39. The SMILES string of the molecule is Cc1ccc(OC(C)C)cc1NC=C1C(=O)OC(C)(C)OC1=O. The molecular formula is C17H21NO5. The van der Waals surface area contributed by atoms with Gasteiger partial charge in [0.15, 0.2) is 5.57 Å². The fourth-order valence-corrected chi connectivity index (χ4v) is 2.03. The maximum atomic E-state index is 11.9. The molecule has 1 aromatic rings. The van der Waals surface area contributed by atoms with Gasteiger partial charge in [0.2, 0.25) is 0 Å². The molecule has 0 saturated carbocycles. The first-order valence-corrected chi connectivity index (χ1v) is 7.38. The first-order chi connectivity index (χ1) is 10.7. The van der Waals surface area contributed by atoms with Crippen molar-refractivity contribution in [2.45, 2.75) is 46.5 Å². The highest BCUT2D eigenvalue weighted by molar-refractivity contribution is 6.15. The smallest absolute Gasteiger partial charge is 0.350 e. The normalized spacial score (nSPS) is 16.7. The first-order valence-electron chi connectivity index (χ1n) is 7.38. The molecule has 1 saturated heterocycles. The van der Waals surface area contributed by atoms with Crippen molar-refractivity contribution < 1.29 is 23.8 Å². The van der Waals surface area contributed by atoms with E-state index in [4.69, 9.17) is 14.2 Å². The average molecular weight is 319 g/mol. The Morgan fingerprint density at radius 2 is 1.78 bits per heavy atom. The summed E-state index contributed by atoms with van der Waals surface area (Å²) in [7, 11) is 0. The van der Waals surface area contributed by atoms with E-state index in [0.717, 1.165) is 11.3 Å². The monoisotopic (exact) mass is 319 g/mol. The number of cyclic esters (lactones) is 2. The number of aryl methyl sites for hydroxylation is 1. The van der Waals surface area contributed by atoms with E-state index >= 15 is 0 Å². The van der Waals surface area contributed by atoms with Crippen molar-refractivity contribution in [2.75, 3.05) is 5.32 Å². The maximum Gasteiger partial charge on any atom is 0.350 e. The van der Waals surface area contributed by atoms with Crippen LogP contribution in [0.1, 0.15) is 33.3 Å². The Balaban J connectivity index is 2.19. The molecule has 23 heavy (non-hydrogen) atoms. The van der Waals surface area contributed by atoms with Gasteiger partial charge in [-0.25, -0.2) is 9.59 Å². The largest absolute Gasteiger partial charge is 0.491 e. The molecule has 124 valence electrons. The van der Waals surface area contributed by atoms with Gasteiger partial charge in [0.05, 0.1) is 6.10 Å². The van der Waals surface area contributed by atoms with Crippen molar-refractivity contribution in [1.82, 2.24) is 0 Å². The molecule has 0 spiro atoms. The fraction of sp³-hybridized carbons (Fsp3) is 0.412. The number of anilines is 1. The number of esters is 2. The molecule has 6 heteroatoms. The lowest BCUT2D eigenvalue weighted by molar-refractivity contribution is -0.222. The van der Waals surface area contributed by atoms with E-state index in [1.165, 1.54) is 20.0 Å². The molecule has 0 aromatic heterocycles. The molecule has 1 aromatic carbocycles. The number of hydrogen-bond acceptors (Lipinski definition) is 6. The highest BCUT2D eigenvalue weighted by Crippen LogP contribution is 2.25. The Morgan fingerprint density at radius 3 is 2.35 bits per heavy atom. The first kappa shape index (κ1) is 16.9. The van der Waals surface area contributed by atoms with Crippen molar-refractivity contribution >= 4 is 17.6 Å². The Hall–Kier alpha value is -2.50. The molecule has 0 unspecified atom stereocenters. The number of carbonyl (C=O) groups is 2. The summed E-state index contributed by atoms with van der Waals surface area (Å²) in [5, 5.41) is 2.94. The lowest BCUT2D eigenvalue weighted by Crippen LogP contribution is -2.42. The van der Waals surface area contributed by atoms with Crippen molar-refractivity contribution in [1.29, 1.82) is 0 Å². The summed E-state index contributed by atoms with van der Waals surface area (Å²) >= 11 is 0. The highest BCUT2D eigenvalue weighted by Gasteiger charge is 2.38. The van der Waals surface area contributed by atoms with Gasteiger partial charge in [-0.2, -0.15) is 0 Å². The van der Waals surface area contributed by atoms with Crippen LogP contribution in [0.4, 0.5) is 5.69 Å². The zero-order chi connectivity index (χ0) is 17.2. The standard InChI is InChI=1S/C17H21NO5/c1-10(2)21-12-7-6-11(3)14(8-12)18-9-13-15(19)22-17(4,5)23-16(13)20/h6-10,18H,1-5H3. The number of rotatable bonds is 4. The van der Waals surface area contributed by atoms with Crippen LogP contribution in [0.25, 0.3) is 0 Å². The van der Waals surface area contributed by atoms with Crippen LogP contribution in [0.2, 0.25) is 0 Å². The third-order valence-electron chi connectivity index (χ3n) is 3.07. The third kappa shape index (κ3) is 4.25. The van der Waals surface area contributed by atoms with Gasteiger partial charge < -0.3 is 19.5 Å². The van der Waals surface area contributed by atoms with Gasteiger partial charge in [-0.1, -0.05) is 6.07 Å². The number of hydrogen-bond donors (Lipinski definition) is 1. The second kappa shape index (κ2) is 6.32. The lowest BCUT2D eigenvalue weighted by atomic mass is 10.2. The molecule has 1 aliphatic rings. The van der Waals surface area contributed by atoms with Gasteiger partial charge in [0.1, 0.15) is 5.75 Å².